The van der Waals surface area contributed by atoms with Crippen LogP contribution in [0.15, 0.2) is 24.4 Å². The van der Waals surface area contributed by atoms with Crippen molar-refractivity contribution in [3.05, 3.63) is 30.0 Å². The molecule has 19 heavy (non-hydrogen) atoms. The first-order valence-corrected chi connectivity index (χ1v) is 6.75. The number of methoxy groups -OCH3 is 2. The molecule has 1 aromatic carbocycles. The number of nitrogens with zero attached hydrogens (tertiary/aromatic N) is 2. The molecule has 1 N–H and O–H groups in total. The fourth-order valence-electron chi connectivity index (χ4n) is 1.89. The first kappa shape index (κ1) is 13.6. The van der Waals surface area contributed by atoms with Crippen LogP contribution >= 0.6 is 11.5 Å². The quantitative estimate of drug-likeness (QED) is 0.881. The van der Waals surface area contributed by atoms with Crippen molar-refractivity contribution in [1.29, 1.82) is 0 Å². The Morgan fingerprint density at radius 3 is 2.68 bits per heavy atom. The molecule has 1 unspecified atom stereocenters. The monoisotopic (exact) mass is 279 g/mol. The number of ether oxygens (including phenoxy) is 2. The maximum Gasteiger partial charge on any atom is 0.160 e. The molecule has 0 saturated carbocycles. The van der Waals surface area contributed by atoms with E-state index in [1.54, 1.807) is 20.4 Å². The largest absolute Gasteiger partial charge is 0.493 e. The van der Waals surface area contributed by atoms with Gasteiger partial charge in [-0.15, -0.1) is 5.10 Å². The highest BCUT2D eigenvalue weighted by Crippen LogP contribution is 2.28. The number of hydrogen-bond donors (Lipinski definition) is 1. The number of rotatable bonds is 6. The van der Waals surface area contributed by atoms with Crippen LogP contribution in [0.4, 0.5) is 5.00 Å². The first-order valence-electron chi connectivity index (χ1n) is 5.97. The van der Waals surface area contributed by atoms with Gasteiger partial charge < -0.3 is 14.8 Å². The molecule has 1 aromatic heterocycles. The Bertz CT molecular complexity index is 517. The summed E-state index contributed by atoms with van der Waals surface area (Å²) in [6.45, 7) is 2.12. The average molecular weight is 279 g/mol. The van der Waals surface area contributed by atoms with Gasteiger partial charge in [-0.2, -0.15) is 0 Å². The molecule has 0 aliphatic carbocycles. The van der Waals surface area contributed by atoms with E-state index >= 15 is 0 Å². The Hall–Kier alpha value is -1.82. The van der Waals surface area contributed by atoms with E-state index < -0.39 is 0 Å². The number of nitrogens with one attached hydrogen (secondary N) is 1. The van der Waals surface area contributed by atoms with Crippen molar-refractivity contribution in [2.24, 2.45) is 0 Å². The lowest BCUT2D eigenvalue weighted by Crippen LogP contribution is -2.17. The zero-order chi connectivity index (χ0) is 13.7. The van der Waals surface area contributed by atoms with Gasteiger partial charge in [-0.3, -0.25) is 0 Å². The van der Waals surface area contributed by atoms with Crippen LogP contribution in [0, 0.1) is 0 Å². The van der Waals surface area contributed by atoms with Crippen LogP contribution in [0.2, 0.25) is 0 Å². The number of aromatic nitrogens is 2. The zero-order valence-corrected chi connectivity index (χ0v) is 12.0. The molecule has 1 heterocycles. The second kappa shape index (κ2) is 6.38. The van der Waals surface area contributed by atoms with Gasteiger partial charge in [0.2, 0.25) is 0 Å². The van der Waals surface area contributed by atoms with Gasteiger partial charge >= 0.3 is 0 Å². The molecular weight excluding hydrogens is 262 g/mol. The zero-order valence-electron chi connectivity index (χ0n) is 11.2. The van der Waals surface area contributed by atoms with Gasteiger partial charge in [-0.05, 0) is 31.0 Å². The number of benzene rings is 1. The van der Waals surface area contributed by atoms with E-state index in [4.69, 9.17) is 9.47 Å². The Kier molecular flexibility index (Phi) is 4.57. The van der Waals surface area contributed by atoms with E-state index in [1.807, 2.05) is 18.2 Å². The fourth-order valence-corrected chi connectivity index (χ4v) is 2.42. The van der Waals surface area contributed by atoms with Crippen LogP contribution in [0.1, 0.15) is 12.5 Å². The van der Waals surface area contributed by atoms with Crippen LogP contribution in [-0.4, -0.2) is 29.8 Å². The summed E-state index contributed by atoms with van der Waals surface area (Å²) in [5.41, 5.74) is 1.19. The molecular formula is C13H17N3O2S. The van der Waals surface area contributed by atoms with Crippen molar-refractivity contribution in [3.63, 3.8) is 0 Å². The summed E-state index contributed by atoms with van der Waals surface area (Å²) in [7, 11) is 3.28. The molecule has 0 bridgehead atoms. The number of hydrogen-bond acceptors (Lipinski definition) is 6. The highest BCUT2D eigenvalue weighted by atomic mass is 32.1. The lowest BCUT2D eigenvalue weighted by molar-refractivity contribution is 0.354. The van der Waals surface area contributed by atoms with Crippen LogP contribution in [0.25, 0.3) is 0 Å². The van der Waals surface area contributed by atoms with Crippen molar-refractivity contribution >= 4 is 16.5 Å². The summed E-state index contributed by atoms with van der Waals surface area (Å²) < 4.78 is 14.4. The molecule has 2 aromatic rings. The topological polar surface area (TPSA) is 56.3 Å². The molecule has 0 aliphatic rings. The molecule has 0 spiro atoms. The van der Waals surface area contributed by atoms with Crippen LogP contribution in [0.5, 0.6) is 11.5 Å². The molecule has 6 heteroatoms. The highest BCUT2D eigenvalue weighted by Gasteiger charge is 2.08. The normalized spacial score (nSPS) is 11.9. The van der Waals surface area contributed by atoms with Gasteiger partial charge in [0.15, 0.2) is 11.5 Å². The Labute approximate surface area is 116 Å². The van der Waals surface area contributed by atoms with Crippen LogP contribution in [-0.2, 0) is 6.42 Å². The van der Waals surface area contributed by atoms with E-state index in [9.17, 15) is 0 Å². The Balaban J connectivity index is 2.02. The van der Waals surface area contributed by atoms with E-state index in [1.165, 1.54) is 17.1 Å². The molecule has 5 nitrogen and oxygen atoms in total. The molecule has 2 rings (SSSR count). The fraction of sp³-hybridized carbons (Fsp3) is 0.385. The molecule has 0 saturated heterocycles. The third-order valence-electron chi connectivity index (χ3n) is 2.74. The van der Waals surface area contributed by atoms with E-state index in [-0.39, 0.29) is 0 Å². The standard InChI is InChI=1S/C13H17N3O2S/c1-9(15-13-8-14-16-19-13)6-10-4-5-11(17-2)12(7-10)18-3/h4-5,7-9,15H,6H2,1-3H3. The second-order valence-electron chi connectivity index (χ2n) is 4.22. The minimum atomic E-state index is 0.292. The molecule has 0 radical (unpaired) electrons. The minimum absolute atomic E-state index is 0.292. The molecule has 0 aliphatic heterocycles. The van der Waals surface area contributed by atoms with E-state index in [0.717, 1.165) is 22.9 Å². The smallest absolute Gasteiger partial charge is 0.160 e. The third kappa shape index (κ3) is 3.57. The van der Waals surface area contributed by atoms with Crippen LogP contribution < -0.4 is 14.8 Å². The minimum Gasteiger partial charge on any atom is -0.493 e. The summed E-state index contributed by atoms with van der Waals surface area (Å²) in [4.78, 5) is 0. The lowest BCUT2D eigenvalue weighted by Gasteiger charge is -2.14. The maximum atomic E-state index is 5.30. The Morgan fingerprint density at radius 1 is 1.26 bits per heavy atom. The molecule has 0 fully saturated rings. The van der Waals surface area contributed by atoms with Gasteiger partial charge in [0.25, 0.3) is 0 Å². The lowest BCUT2D eigenvalue weighted by atomic mass is 10.1. The number of anilines is 1. The van der Waals surface area contributed by atoms with Gasteiger partial charge in [-0.1, -0.05) is 10.6 Å². The average Bonchev–Trinajstić information content (AvgIpc) is 2.91. The molecule has 0 amide bonds. The Morgan fingerprint density at radius 2 is 2.05 bits per heavy atom. The highest BCUT2D eigenvalue weighted by molar-refractivity contribution is 7.09. The van der Waals surface area contributed by atoms with Gasteiger partial charge in [-0.25, -0.2) is 0 Å². The maximum absolute atomic E-state index is 5.30. The first-order chi connectivity index (χ1) is 9.22. The van der Waals surface area contributed by atoms with Crippen LogP contribution in [0.3, 0.4) is 0 Å². The summed E-state index contributed by atoms with van der Waals surface area (Å²) in [5.74, 6) is 1.50. The second-order valence-corrected chi connectivity index (χ2v) is 5.01. The van der Waals surface area contributed by atoms with Crippen molar-refractivity contribution in [2.45, 2.75) is 19.4 Å². The summed E-state index contributed by atoms with van der Waals surface area (Å²) >= 11 is 1.36. The van der Waals surface area contributed by atoms with Crippen molar-refractivity contribution in [1.82, 2.24) is 9.59 Å². The predicted octanol–water partition coefficient (Wildman–Crippen LogP) is 2.60. The van der Waals surface area contributed by atoms with E-state index in [0.29, 0.717) is 6.04 Å². The van der Waals surface area contributed by atoms with Crippen molar-refractivity contribution < 1.29 is 9.47 Å². The van der Waals surface area contributed by atoms with Crippen molar-refractivity contribution in [3.8, 4) is 11.5 Å². The molecule has 102 valence electrons. The molecule has 1 atom stereocenters. The van der Waals surface area contributed by atoms with E-state index in [2.05, 4.69) is 21.8 Å². The van der Waals surface area contributed by atoms with Gasteiger partial charge in [0.05, 0.1) is 20.4 Å². The SMILES string of the molecule is COc1ccc(CC(C)Nc2cnns2)cc1OC. The van der Waals surface area contributed by atoms with Crippen molar-refractivity contribution in [2.75, 3.05) is 19.5 Å². The van der Waals surface area contributed by atoms with Gasteiger partial charge in [0, 0.05) is 17.6 Å². The summed E-state index contributed by atoms with van der Waals surface area (Å²) in [5, 5.41) is 8.14. The summed E-state index contributed by atoms with van der Waals surface area (Å²) in [6, 6.07) is 6.27. The summed E-state index contributed by atoms with van der Waals surface area (Å²) in [6.07, 6.45) is 2.62. The van der Waals surface area contributed by atoms with Gasteiger partial charge in [0.1, 0.15) is 5.00 Å². The predicted molar refractivity (Wildman–Crippen MR) is 76.2 cm³/mol. The third-order valence-corrected chi connectivity index (χ3v) is 3.34.